The number of pyridine rings is 1. The molecule has 1 fully saturated rings. The van der Waals surface area contributed by atoms with Gasteiger partial charge in [0.25, 0.3) is 0 Å². The molecule has 4 heteroatoms. The number of aryl methyl sites for hydroxylation is 2. The number of benzene rings is 1. The maximum Gasteiger partial charge on any atom is 0.223 e. The fourth-order valence-corrected chi connectivity index (χ4v) is 3.22. The lowest BCUT2D eigenvalue weighted by molar-refractivity contribution is -0.134. The van der Waals surface area contributed by atoms with Crippen LogP contribution in [0.3, 0.4) is 0 Å². The van der Waals surface area contributed by atoms with E-state index in [0.29, 0.717) is 6.42 Å². The highest BCUT2D eigenvalue weighted by molar-refractivity contribution is 5.77. The van der Waals surface area contributed by atoms with Gasteiger partial charge in [0.1, 0.15) is 0 Å². The van der Waals surface area contributed by atoms with Gasteiger partial charge in [-0.15, -0.1) is 0 Å². The van der Waals surface area contributed by atoms with Crippen molar-refractivity contribution < 1.29 is 4.79 Å². The lowest BCUT2D eigenvalue weighted by atomic mass is 10.00. The molecular weight excluding hydrogens is 298 g/mol. The van der Waals surface area contributed by atoms with Crippen LogP contribution in [0, 0.1) is 0 Å². The van der Waals surface area contributed by atoms with E-state index < -0.39 is 0 Å². The second-order valence-electron chi connectivity index (χ2n) is 6.26. The predicted octanol–water partition coefficient (Wildman–Crippen LogP) is 2.75. The van der Waals surface area contributed by atoms with Crippen molar-refractivity contribution in [3.05, 3.63) is 65.5 Å². The van der Waals surface area contributed by atoms with E-state index in [2.05, 4.69) is 41.5 Å². The molecule has 4 nitrogen and oxygen atoms in total. The highest BCUT2D eigenvalue weighted by Crippen LogP contribution is 2.24. The third-order valence-electron chi connectivity index (χ3n) is 4.71. The molecule has 1 atom stereocenters. The Morgan fingerprint density at radius 1 is 1.17 bits per heavy atom. The van der Waals surface area contributed by atoms with Crippen molar-refractivity contribution >= 4 is 5.91 Å². The van der Waals surface area contributed by atoms with Gasteiger partial charge in [-0.1, -0.05) is 31.2 Å². The molecule has 2 aromatic rings. The van der Waals surface area contributed by atoms with Crippen LogP contribution in [0.5, 0.6) is 0 Å². The minimum absolute atomic E-state index is 0.134. The fourth-order valence-electron chi connectivity index (χ4n) is 3.22. The summed E-state index contributed by atoms with van der Waals surface area (Å²) in [5, 5.41) is 3.42. The molecule has 1 aliphatic rings. The van der Waals surface area contributed by atoms with Crippen molar-refractivity contribution in [1.82, 2.24) is 15.2 Å². The largest absolute Gasteiger partial charge is 0.333 e. The van der Waals surface area contributed by atoms with Crippen molar-refractivity contribution in [1.29, 1.82) is 0 Å². The molecule has 3 rings (SSSR count). The highest BCUT2D eigenvalue weighted by Gasteiger charge is 2.27. The number of aromatic nitrogens is 1. The van der Waals surface area contributed by atoms with E-state index in [1.165, 1.54) is 11.1 Å². The second-order valence-corrected chi connectivity index (χ2v) is 6.26. The quantitative estimate of drug-likeness (QED) is 0.920. The summed E-state index contributed by atoms with van der Waals surface area (Å²) in [5.74, 6) is 0.234. The molecule has 1 aromatic heterocycles. The van der Waals surface area contributed by atoms with Crippen LogP contribution in [0.1, 0.15) is 36.1 Å². The molecule has 24 heavy (non-hydrogen) atoms. The van der Waals surface area contributed by atoms with Gasteiger partial charge in [0.2, 0.25) is 5.91 Å². The van der Waals surface area contributed by atoms with Gasteiger partial charge in [-0.05, 0) is 41.7 Å². The first-order chi connectivity index (χ1) is 11.8. The molecule has 0 spiro atoms. The molecule has 1 amide bonds. The summed E-state index contributed by atoms with van der Waals surface area (Å²) in [7, 11) is 0. The Labute approximate surface area is 143 Å². The Bertz CT molecular complexity index is 654. The molecule has 1 aromatic carbocycles. The molecule has 126 valence electrons. The number of nitrogens with zero attached hydrogens (tertiary/aromatic N) is 2. The van der Waals surface area contributed by atoms with Gasteiger partial charge >= 0.3 is 0 Å². The zero-order valence-electron chi connectivity index (χ0n) is 14.2. The smallest absolute Gasteiger partial charge is 0.223 e. The van der Waals surface area contributed by atoms with E-state index in [1.54, 1.807) is 12.4 Å². The zero-order valence-corrected chi connectivity index (χ0v) is 14.2. The van der Waals surface area contributed by atoms with Gasteiger partial charge in [-0.2, -0.15) is 0 Å². The van der Waals surface area contributed by atoms with E-state index in [0.717, 1.165) is 38.0 Å². The lowest BCUT2D eigenvalue weighted by Gasteiger charge is -2.36. The predicted molar refractivity (Wildman–Crippen MR) is 95.7 cm³/mol. The van der Waals surface area contributed by atoms with Crippen LogP contribution < -0.4 is 5.32 Å². The van der Waals surface area contributed by atoms with Crippen molar-refractivity contribution in [3.63, 3.8) is 0 Å². The minimum atomic E-state index is 0.134. The van der Waals surface area contributed by atoms with Crippen LogP contribution in [0.25, 0.3) is 0 Å². The molecule has 1 N–H and O–H groups in total. The molecule has 0 saturated carbocycles. The van der Waals surface area contributed by atoms with Crippen LogP contribution in [0.4, 0.5) is 0 Å². The summed E-state index contributed by atoms with van der Waals surface area (Å²) in [4.78, 5) is 18.8. The SMILES string of the molecule is CCc1ccc(C2CNCCN2C(=O)CCc2ccncc2)cc1. The van der Waals surface area contributed by atoms with Gasteiger partial charge in [0.05, 0.1) is 6.04 Å². The first-order valence-electron chi connectivity index (χ1n) is 8.76. The van der Waals surface area contributed by atoms with Crippen LogP contribution in [0.2, 0.25) is 0 Å². The van der Waals surface area contributed by atoms with Gasteiger partial charge in [0.15, 0.2) is 0 Å². The summed E-state index contributed by atoms with van der Waals surface area (Å²) in [6, 6.07) is 12.8. The summed E-state index contributed by atoms with van der Waals surface area (Å²) < 4.78 is 0. The number of rotatable bonds is 5. The Morgan fingerprint density at radius 3 is 2.62 bits per heavy atom. The minimum Gasteiger partial charge on any atom is -0.333 e. The molecule has 2 heterocycles. The monoisotopic (exact) mass is 323 g/mol. The van der Waals surface area contributed by atoms with Gasteiger partial charge in [-0.3, -0.25) is 9.78 Å². The normalized spacial score (nSPS) is 17.7. The number of carbonyl (C=O) groups excluding carboxylic acids is 1. The summed E-state index contributed by atoms with van der Waals surface area (Å²) in [6.45, 7) is 4.62. The molecule has 1 aliphatic heterocycles. The number of nitrogens with one attached hydrogen (secondary N) is 1. The van der Waals surface area contributed by atoms with Crippen molar-refractivity contribution in [2.24, 2.45) is 0 Å². The Morgan fingerprint density at radius 2 is 1.92 bits per heavy atom. The maximum absolute atomic E-state index is 12.8. The van der Waals surface area contributed by atoms with Crippen molar-refractivity contribution in [3.8, 4) is 0 Å². The average Bonchev–Trinajstić information content (AvgIpc) is 2.67. The number of amides is 1. The zero-order chi connectivity index (χ0) is 16.8. The van der Waals surface area contributed by atoms with Crippen LogP contribution in [0.15, 0.2) is 48.8 Å². The summed E-state index contributed by atoms with van der Waals surface area (Å²) in [5.41, 5.74) is 3.71. The fraction of sp³-hybridized carbons (Fsp3) is 0.400. The third-order valence-corrected chi connectivity index (χ3v) is 4.71. The van der Waals surface area contributed by atoms with Gasteiger partial charge < -0.3 is 10.2 Å². The average molecular weight is 323 g/mol. The number of piperazine rings is 1. The third kappa shape index (κ3) is 4.01. The Hall–Kier alpha value is -2.20. The van der Waals surface area contributed by atoms with Gasteiger partial charge in [0, 0.05) is 38.4 Å². The number of hydrogen-bond donors (Lipinski definition) is 1. The standard InChI is InChI=1S/C20H25N3O/c1-2-16-3-6-18(7-4-16)19-15-22-13-14-23(19)20(24)8-5-17-9-11-21-12-10-17/h3-4,6-7,9-12,19,22H,2,5,8,13-15H2,1H3. The number of hydrogen-bond acceptors (Lipinski definition) is 3. The van der Waals surface area contributed by atoms with E-state index in [1.807, 2.05) is 17.0 Å². The van der Waals surface area contributed by atoms with E-state index >= 15 is 0 Å². The van der Waals surface area contributed by atoms with Crippen LogP contribution >= 0.6 is 0 Å². The summed E-state index contributed by atoms with van der Waals surface area (Å²) >= 11 is 0. The first-order valence-corrected chi connectivity index (χ1v) is 8.76. The molecule has 0 aliphatic carbocycles. The Kier molecular flexibility index (Phi) is 5.59. The summed E-state index contributed by atoms with van der Waals surface area (Å²) in [6.07, 6.45) is 5.92. The van der Waals surface area contributed by atoms with Gasteiger partial charge in [-0.25, -0.2) is 0 Å². The topological polar surface area (TPSA) is 45.2 Å². The van der Waals surface area contributed by atoms with E-state index in [9.17, 15) is 4.79 Å². The second kappa shape index (κ2) is 8.06. The van der Waals surface area contributed by atoms with Crippen molar-refractivity contribution in [2.75, 3.05) is 19.6 Å². The Balaban J connectivity index is 1.67. The van der Waals surface area contributed by atoms with Crippen molar-refractivity contribution in [2.45, 2.75) is 32.2 Å². The van der Waals surface area contributed by atoms with E-state index in [4.69, 9.17) is 0 Å². The van der Waals surface area contributed by atoms with Crippen LogP contribution in [-0.4, -0.2) is 35.4 Å². The maximum atomic E-state index is 12.8. The molecule has 0 bridgehead atoms. The molecule has 1 saturated heterocycles. The lowest BCUT2D eigenvalue weighted by Crippen LogP contribution is -2.48. The molecule has 0 radical (unpaired) electrons. The van der Waals surface area contributed by atoms with E-state index in [-0.39, 0.29) is 11.9 Å². The van der Waals surface area contributed by atoms with Crippen LogP contribution in [-0.2, 0) is 17.6 Å². The highest BCUT2D eigenvalue weighted by atomic mass is 16.2. The first kappa shape index (κ1) is 16.7. The number of carbonyl (C=O) groups is 1. The molecule has 1 unspecified atom stereocenters. The molecular formula is C20H25N3O.